The third kappa shape index (κ3) is 3.79. The van der Waals surface area contributed by atoms with Crippen molar-refractivity contribution < 1.29 is 13.2 Å². The number of benzene rings is 1. The van der Waals surface area contributed by atoms with Crippen molar-refractivity contribution >= 4 is 0 Å². The summed E-state index contributed by atoms with van der Waals surface area (Å²) >= 11 is 0. The molecule has 0 saturated heterocycles. The topological polar surface area (TPSA) is 38.0 Å². The summed E-state index contributed by atoms with van der Waals surface area (Å²) in [6, 6.07) is 5.13. The van der Waals surface area contributed by atoms with E-state index in [2.05, 4.69) is 5.32 Å². The van der Waals surface area contributed by atoms with E-state index in [1.165, 1.54) is 12.1 Å². The molecule has 2 rings (SSSR count). The molecule has 1 aromatic rings. The van der Waals surface area contributed by atoms with E-state index in [1.54, 1.807) is 0 Å². The van der Waals surface area contributed by atoms with Gasteiger partial charge in [-0.3, -0.25) is 0 Å². The molecule has 0 heterocycles. The molecule has 1 atom stereocenters. The molecule has 0 aromatic heterocycles. The molecule has 1 aliphatic rings. The molecular formula is C15H16F3N2. The normalized spacial score (nSPS) is 19.3. The molecule has 107 valence electrons. The van der Waals surface area contributed by atoms with Gasteiger partial charge < -0.3 is 11.1 Å². The molecule has 2 nitrogen and oxygen atoms in total. The Hall–Kier alpha value is -1.91. The maximum absolute atomic E-state index is 12.4. The average Bonchev–Trinajstić information content (AvgIpc) is 2.35. The van der Waals surface area contributed by atoms with Crippen LogP contribution >= 0.6 is 0 Å². The molecule has 3 N–H and O–H groups in total. The van der Waals surface area contributed by atoms with E-state index in [0.717, 1.165) is 23.4 Å². The highest BCUT2D eigenvalue weighted by Crippen LogP contribution is 2.29. The summed E-state index contributed by atoms with van der Waals surface area (Å²) in [5.41, 5.74) is 7.48. The van der Waals surface area contributed by atoms with Crippen LogP contribution in [0.15, 0.2) is 47.8 Å². The van der Waals surface area contributed by atoms with Gasteiger partial charge in [-0.1, -0.05) is 25.1 Å². The number of nitrogens with two attached hydrogens (primary N) is 1. The van der Waals surface area contributed by atoms with Gasteiger partial charge in [0.15, 0.2) is 0 Å². The summed E-state index contributed by atoms with van der Waals surface area (Å²) < 4.78 is 37.3. The van der Waals surface area contributed by atoms with E-state index in [1.807, 2.05) is 25.5 Å². The Kier molecular flexibility index (Phi) is 4.06. The SMILES string of the molecule is CC1[CH]C(N)=CC(NCc2ccc(C(F)(F)F)cc2)=C1. The van der Waals surface area contributed by atoms with Crippen LogP contribution in [0, 0.1) is 12.3 Å². The Morgan fingerprint density at radius 1 is 1.20 bits per heavy atom. The highest BCUT2D eigenvalue weighted by Gasteiger charge is 2.29. The molecule has 0 amide bonds. The highest BCUT2D eigenvalue weighted by atomic mass is 19.4. The monoisotopic (exact) mass is 281 g/mol. The average molecular weight is 281 g/mol. The van der Waals surface area contributed by atoms with Gasteiger partial charge in [0.05, 0.1) is 5.56 Å². The predicted octanol–water partition coefficient (Wildman–Crippen LogP) is 3.38. The van der Waals surface area contributed by atoms with Crippen molar-refractivity contribution in [1.82, 2.24) is 5.32 Å². The first-order chi connectivity index (χ1) is 9.34. The number of alkyl halides is 3. The first kappa shape index (κ1) is 14.5. The molecule has 0 aliphatic heterocycles. The first-order valence-corrected chi connectivity index (χ1v) is 6.28. The third-order valence-electron chi connectivity index (χ3n) is 3.00. The zero-order valence-corrected chi connectivity index (χ0v) is 11.0. The Balaban J connectivity index is 1.98. The van der Waals surface area contributed by atoms with Crippen LogP contribution in [0.5, 0.6) is 0 Å². The largest absolute Gasteiger partial charge is 0.416 e. The van der Waals surface area contributed by atoms with Crippen LogP contribution in [0.3, 0.4) is 0 Å². The lowest BCUT2D eigenvalue weighted by molar-refractivity contribution is -0.137. The summed E-state index contributed by atoms with van der Waals surface area (Å²) in [6.45, 7) is 2.47. The number of hydrogen-bond acceptors (Lipinski definition) is 2. The zero-order chi connectivity index (χ0) is 14.8. The highest BCUT2D eigenvalue weighted by molar-refractivity contribution is 5.33. The summed E-state index contributed by atoms with van der Waals surface area (Å²) in [5.74, 6) is 0.245. The number of halogens is 3. The van der Waals surface area contributed by atoms with Crippen LogP contribution < -0.4 is 11.1 Å². The fourth-order valence-corrected chi connectivity index (χ4v) is 2.04. The van der Waals surface area contributed by atoms with Crippen LogP contribution in [0.1, 0.15) is 18.1 Å². The fraction of sp³-hybridized carbons (Fsp3) is 0.267. The summed E-state index contributed by atoms with van der Waals surface area (Å²) in [6.07, 6.45) is 1.47. The Morgan fingerprint density at radius 3 is 2.40 bits per heavy atom. The van der Waals surface area contributed by atoms with Crippen molar-refractivity contribution in [3.63, 3.8) is 0 Å². The summed E-state index contributed by atoms with van der Waals surface area (Å²) in [5, 5.41) is 3.16. The van der Waals surface area contributed by atoms with Crippen molar-refractivity contribution in [1.29, 1.82) is 0 Å². The van der Waals surface area contributed by atoms with Gasteiger partial charge in [0.1, 0.15) is 0 Å². The van der Waals surface area contributed by atoms with Crippen LogP contribution in [0.2, 0.25) is 0 Å². The molecule has 1 aromatic carbocycles. The van der Waals surface area contributed by atoms with Gasteiger partial charge in [-0.25, -0.2) is 0 Å². The summed E-state index contributed by atoms with van der Waals surface area (Å²) in [7, 11) is 0. The smallest absolute Gasteiger partial charge is 0.402 e. The van der Waals surface area contributed by atoms with Crippen LogP contribution in [0.4, 0.5) is 13.2 Å². The second-order valence-electron chi connectivity index (χ2n) is 4.84. The molecule has 1 radical (unpaired) electrons. The first-order valence-electron chi connectivity index (χ1n) is 6.28. The molecule has 1 unspecified atom stereocenters. The van der Waals surface area contributed by atoms with E-state index in [0.29, 0.717) is 12.2 Å². The van der Waals surface area contributed by atoms with Crippen molar-refractivity contribution in [2.24, 2.45) is 11.7 Å². The van der Waals surface area contributed by atoms with E-state index in [-0.39, 0.29) is 5.92 Å². The molecule has 0 saturated carbocycles. The number of rotatable bonds is 3. The molecule has 20 heavy (non-hydrogen) atoms. The number of nitrogens with one attached hydrogen (secondary N) is 1. The van der Waals surface area contributed by atoms with Crippen molar-refractivity contribution in [3.05, 3.63) is 65.4 Å². The number of hydrogen-bond donors (Lipinski definition) is 2. The van der Waals surface area contributed by atoms with Gasteiger partial charge in [0.25, 0.3) is 0 Å². The Morgan fingerprint density at radius 2 is 1.85 bits per heavy atom. The number of allylic oxidation sites excluding steroid dienone is 3. The second kappa shape index (κ2) is 5.61. The standard InChI is InChI=1S/C15H16F3N2/c1-10-6-13(19)8-14(7-10)20-9-11-2-4-12(5-3-11)15(16,17)18/h2-8,10,20H,9,19H2,1H3. The van der Waals surface area contributed by atoms with Gasteiger partial charge in [0.2, 0.25) is 0 Å². The molecule has 0 fully saturated rings. The van der Waals surface area contributed by atoms with Crippen molar-refractivity contribution in [3.8, 4) is 0 Å². The van der Waals surface area contributed by atoms with Gasteiger partial charge >= 0.3 is 6.18 Å². The van der Waals surface area contributed by atoms with E-state index in [4.69, 9.17) is 5.73 Å². The Bertz CT molecular complexity index is 527. The maximum atomic E-state index is 12.4. The molecule has 5 heteroatoms. The third-order valence-corrected chi connectivity index (χ3v) is 3.00. The van der Waals surface area contributed by atoms with E-state index < -0.39 is 11.7 Å². The van der Waals surface area contributed by atoms with Gasteiger partial charge in [-0.15, -0.1) is 0 Å². The lowest BCUT2D eigenvalue weighted by atomic mass is 9.99. The van der Waals surface area contributed by atoms with Crippen LogP contribution in [-0.4, -0.2) is 0 Å². The molecule has 0 spiro atoms. The second-order valence-corrected chi connectivity index (χ2v) is 4.84. The van der Waals surface area contributed by atoms with Crippen LogP contribution in [0.25, 0.3) is 0 Å². The van der Waals surface area contributed by atoms with E-state index in [9.17, 15) is 13.2 Å². The molecule has 1 aliphatic carbocycles. The maximum Gasteiger partial charge on any atom is 0.416 e. The quantitative estimate of drug-likeness (QED) is 0.891. The predicted molar refractivity (Wildman–Crippen MR) is 72.1 cm³/mol. The van der Waals surface area contributed by atoms with Gasteiger partial charge in [0, 0.05) is 24.4 Å². The van der Waals surface area contributed by atoms with Gasteiger partial charge in [-0.2, -0.15) is 13.2 Å². The minimum absolute atomic E-state index is 0.245. The van der Waals surface area contributed by atoms with E-state index >= 15 is 0 Å². The minimum Gasteiger partial charge on any atom is -0.402 e. The lowest BCUT2D eigenvalue weighted by Crippen LogP contribution is -2.18. The zero-order valence-electron chi connectivity index (χ0n) is 11.0. The summed E-state index contributed by atoms with van der Waals surface area (Å²) in [4.78, 5) is 0. The minimum atomic E-state index is -4.29. The van der Waals surface area contributed by atoms with Crippen LogP contribution in [-0.2, 0) is 12.7 Å². The fourth-order valence-electron chi connectivity index (χ4n) is 2.04. The molecule has 0 bridgehead atoms. The molecular weight excluding hydrogens is 265 g/mol. The Labute approximate surface area is 116 Å². The lowest BCUT2D eigenvalue weighted by Gasteiger charge is -2.17. The van der Waals surface area contributed by atoms with Gasteiger partial charge in [-0.05, 0) is 29.7 Å². The van der Waals surface area contributed by atoms with Crippen molar-refractivity contribution in [2.75, 3.05) is 0 Å². The van der Waals surface area contributed by atoms with Crippen molar-refractivity contribution in [2.45, 2.75) is 19.6 Å².